The van der Waals surface area contributed by atoms with Crippen LogP contribution in [0.3, 0.4) is 0 Å². The molecule has 2 amide bonds. The Morgan fingerprint density at radius 3 is 2.25 bits per heavy atom. The maximum Gasteiger partial charge on any atom is 0.220 e. The van der Waals surface area contributed by atoms with Crippen LogP contribution in [0.1, 0.15) is 37.1 Å². The summed E-state index contributed by atoms with van der Waals surface area (Å²) in [6.45, 7) is 2.27. The summed E-state index contributed by atoms with van der Waals surface area (Å²) in [5, 5.41) is 18.2. The van der Waals surface area contributed by atoms with Crippen LogP contribution < -0.4 is 30.7 Å². The van der Waals surface area contributed by atoms with Crippen molar-refractivity contribution in [2.45, 2.75) is 50.9 Å². The average molecular weight is 731 g/mol. The monoisotopic (exact) mass is 729 g/mol. The third-order valence-electron chi connectivity index (χ3n) is 9.07. The van der Waals surface area contributed by atoms with Gasteiger partial charge in [0.15, 0.2) is 17.2 Å². The van der Waals surface area contributed by atoms with Crippen LogP contribution in [0.2, 0.25) is 10.0 Å². The summed E-state index contributed by atoms with van der Waals surface area (Å²) >= 11 is 14.2. The number of benzene rings is 1. The number of carbonyl (C=O) groups excluding carboxylic acids is 2. The molecule has 5 aromatic rings. The van der Waals surface area contributed by atoms with Crippen molar-refractivity contribution in [2.75, 3.05) is 27.3 Å². The predicted molar refractivity (Wildman–Crippen MR) is 194 cm³/mol. The van der Waals surface area contributed by atoms with Crippen LogP contribution in [0.5, 0.6) is 11.6 Å². The van der Waals surface area contributed by atoms with Gasteiger partial charge in [-0.25, -0.2) is 14.5 Å². The van der Waals surface area contributed by atoms with Gasteiger partial charge < -0.3 is 30.7 Å². The van der Waals surface area contributed by atoms with Crippen molar-refractivity contribution in [3.63, 3.8) is 0 Å². The van der Waals surface area contributed by atoms with E-state index < -0.39 is 0 Å². The normalized spacial score (nSPS) is 17.2. The lowest BCUT2D eigenvalue weighted by molar-refractivity contribution is -0.120. The van der Waals surface area contributed by atoms with E-state index in [-0.39, 0.29) is 23.9 Å². The van der Waals surface area contributed by atoms with Crippen LogP contribution >= 0.6 is 23.2 Å². The number of methoxy groups -OCH3 is 2. The van der Waals surface area contributed by atoms with E-state index in [0.29, 0.717) is 100 Å². The van der Waals surface area contributed by atoms with Gasteiger partial charge in [-0.1, -0.05) is 47.5 Å². The molecule has 0 bridgehead atoms. The predicted octanol–water partition coefficient (Wildman–Crippen LogP) is 4.58. The second-order valence-electron chi connectivity index (χ2n) is 12.5. The number of halogens is 2. The van der Waals surface area contributed by atoms with Gasteiger partial charge in [0, 0.05) is 84.8 Å². The summed E-state index contributed by atoms with van der Waals surface area (Å²) in [6.07, 6.45) is 6.26. The molecule has 0 saturated carbocycles. The second kappa shape index (κ2) is 15.2. The highest BCUT2D eigenvalue weighted by Gasteiger charge is 2.23. The van der Waals surface area contributed by atoms with E-state index in [1.54, 1.807) is 24.9 Å². The van der Waals surface area contributed by atoms with Crippen molar-refractivity contribution in [3.8, 4) is 45.3 Å². The molecule has 2 aliphatic heterocycles. The molecule has 7 rings (SSSR count). The number of hydrogen-bond donors (Lipinski definition) is 4. The van der Waals surface area contributed by atoms with Crippen molar-refractivity contribution in [2.24, 2.45) is 0 Å². The largest absolute Gasteiger partial charge is 0.493 e. The van der Waals surface area contributed by atoms with Crippen LogP contribution in [0.4, 0.5) is 0 Å². The third-order valence-corrected chi connectivity index (χ3v) is 9.86. The Hall–Kier alpha value is -4.82. The highest BCUT2D eigenvalue weighted by atomic mass is 35.5. The van der Waals surface area contributed by atoms with Gasteiger partial charge >= 0.3 is 0 Å². The Bertz CT molecular complexity index is 2110. The number of carbonyl (C=O) groups is 2. The first kappa shape index (κ1) is 34.6. The van der Waals surface area contributed by atoms with E-state index in [1.165, 1.54) is 0 Å². The van der Waals surface area contributed by atoms with Gasteiger partial charge in [0.2, 0.25) is 17.7 Å². The lowest BCUT2D eigenvalue weighted by Gasteiger charge is -2.15. The summed E-state index contributed by atoms with van der Waals surface area (Å²) in [5.74, 6) is 1.76. The molecule has 13 nitrogen and oxygen atoms in total. The molecule has 2 saturated heterocycles. The Labute approximate surface area is 304 Å². The molecule has 2 fully saturated rings. The second-order valence-corrected chi connectivity index (χ2v) is 13.3. The highest BCUT2D eigenvalue weighted by Crippen LogP contribution is 2.42. The van der Waals surface area contributed by atoms with Crippen molar-refractivity contribution in [1.82, 2.24) is 45.8 Å². The molecule has 51 heavy (non-hydrogen) atoms. The zero-order valence-corrected chi connectivity index (χ0v) is 29.6. The molecule has 0 spiro atoms. The molecule has 2 aliphatic rings. The summed E-state index contributed by atoms with van der Waals surface area (Å²) in [6, 6.07) is 13.5. The zero-order valence-electron chi connectivity index (χ0n) is 28.1. The average Bonchev–Trinajstić information content (AvgIpc) is 3.87. The van der Waals surface area contributed by atoms with Gasteiger partial charge in [-0.05, 0) is 31.0 Å². The summed E-state index contributed by atoms with van der Waals surface area (Å²) in [5.41, 5.74) is 5.44. The molecule has 4 aromatic heterocycles. The lowest BCUT2D eigenvalue weighted by atomic mass is 10.00. The fourth-order valence-corrected chi connectivity index (χ4v) is 7.12. The van der Waals surface area contributed by atoms with E-state index in [1.807, 2.05) is 48.7 Å². The van der Waals surface area contributed by atoms with E-state index in [9.17, 15) is 9.59 Å². The number of nitrogens with zero attached hydrogens (tertiary/aromatic N) is 5. The maximum absolute atomic E-state index is 11.5. The van der Waals surface area contributed by atoms with Gasteiger partial charge in [0.05, 0.1) is 42.2 Å². The molecular formula is C36H37Cl2N9O4. The Balaban J connectivity index is 1.12. The van der Waals surface area contributed by atoms with E-state index in [0.717, 1.165) is 24.0 Å². The third kappa shape index (κ3) is 7.47. The summed E-state index contributed by atoms with van der Waals surface area (Å²) in [4.78, 5) is 37.1. The molecule has 0 unspecified atom stereocenters. The molecule has 2 atom stereocenters. The van der Waals surface area contributed by atoms with Gasteiger partial charge in [0.1, 0.15) is 0 Å². The van der Waals surface area contributed by atoms with Gasteiger partial charge in [0.25, 0.3) is 0 Å². The van der Waals surface area contributed by atoms with Crippen LogP contribution in [-0.2, 0) is 22.7 Å². The van der Waals surface area contributed by atoms with Crippen molar-refractivity contribution < 1.29 is 19.1 Å². The first-order chi connectivity index (χ1) is 24.8. The number of nitrogens with one attached hydrogen (secondary N) is 4. The smallest absolute Gasteiger partial charge is 0.220 e. The van der Waals surface area contributed by atoms with Crippen LogP contribution in [-0.4, -0.2) is 75.8 Å². The van der Waals surface area contributed by atoms with E-state index in [4.69, 9.17) is 37.7 Å². The van der Waals surface area contributed by atoms with Crippen LogP contribution in [0.15, 0.2) is 54.9 Å². The number of rotatable bonds is 13. The molecule has 0 aliphatic carbocycles. The molecule has 1 aromatic carbocycles. The fraction of sp³-hybridized carbons (Fsp3) is 0.333. The summed E-state index contributed by atoms with van der Waals surface area (Å²) in [7, 11) is 3.17. The standard InChI is InChI=1S/C36H37Cl2N9O4/c1-50-28-14-21(19-47-35(28)45-29(46-47)18-40-17-23-8-11-31(49)43-23)34-33(38)25(12-13-41-34)24-4-3-5-26(32(24)37)27-9-6-20(36(44-27)51-2)15-39-16-22-7-10-30(48)42-22/h3-6,9,12-14,19,22-23,39-40H,7-8,10-11,15-18H2,1-2H3,(H,42,48)(H,43,49)/t22-,23-/m1/s1. The molecule has 4 N–H and O–H groups in total. The molecular weight excluding hydrogens is 693 g/mol. The highest BCUT2D eigenvalue weighted by molar-refractivity contribution is 6.39. The van der Waals surface area contributed by atoms with Crippen LogP contribution in [0.25, 0.3) is 39.3 Å². The topological polar surface area (TPSA) is 157 Å². The van der Waals surface area contributed by atoms with E-state index >= 15 is 0 Å². The first-order valence-corrected chi connectivity index (χ1v) is 17.5. The number of amides is 2. The molecule has 15 heteroatoms. The van der Waals surface area contributed by atoms with Gasteiger partial charge in [-0.3, -0.25) is 14.6 Å². The number of aromatic nitrogens is 5. The minimum Gasteiger partial charge on any atom is -0.493 e. The number of pyridine rings is 3. The maximum atomic E-state index is 11.5. The summed E-state index contributed by atoms with van der Waals surface area (Å²) < 4.78 is 13.0. The Morgan fingerprint density at radius 2 is 1.57 bits per heavy atom. The quantitative estimate of drug-likeness (QED) is 0.135. The molecule has 264 valence electrons. The van der Waals surface area contributed by atoms with E-state index in [2.05, 4.69) is 36.3 Å². The molecule has 6 heterocycles. The zero-order chi connectivity index (χ0) is 35.5. The fourth-order valence-electron chi connectivity index (χ4n) is 6.48. The SMILES string of the molecule is COc1nc(-c2cccc(-c3ccnc(-c4cc(OC)c5nc(CNC[C@H]6CCC(=O)N6)nn5c4)c3Cl)c2Cl)ccc1CNC[C@H]1CCC(=O)N1. The van der Waals surface area contributed by atoms with Crippen molar-refractivity contribution >= 4 is 40.7 Å². The van der Waals surface area contributed by atoms with Crippen molar-refractivity contribution in [1.29, 1.82) is 0 Å². The number of ether oxygens (including phenoxy) is 2. The minimum atomic E-state index is 0.0808. The number of hydrogen-bond acceptors (Lipinski definition) is 10. The minimum absolute atomic E-state index is 0.0808. The Morgan fingerprint density at radius 1 is 0.863 bits per heavy atom. The van der Waals surface area contributed by atoms with Gasteiger partial charge in [-0.2, -0.15) is 0 Å². The molecule has 0 radical (unpaired) electrons. The van der Waals surface area contributed by atoms with Gasteiger partial charge in [-0.15, -0.1) is 5.10 Å². The number of fused-ring (bicyclic) bond motifs is 1. The lowest BCUT2D eigenvalue weighted by Crippen LogP contribution is -2.35. The van der Waals surface area contributed by atoms with Crippen LogP contribution in [0, 0.1) is 0 Å². The first-order valence-electron chi connectivity index (χ1n) is 16.7. The Kier molecular flexibility index (Phi) is 10.3. The van der Waals surface area contributed by atoms with Crippen molar-refractivity contribution in [3.05, 3.63) is 76.3 Å².